The maximum atomic E-state index is 10.2. The largest absolute Gasteiger partial charge is 0.379 e. The molecule has 0 rings (SSSR count). The Morgan fingerprint density at radius 2 is 2.00 bits per heavy atom. The molecule has 1 atom stereocenters. The first-order valence-electron chi connectivity index (χ1n) is 3.27. The van der Waals surface area contributed by atoms with E-state index in [-0.39, 0.29) is 47.2 Å². The van der Waals surface area contributed by atoms with Gasteiger partial charge in [0.05, 0.1) is 19.0 Å². The van der Waals surface area contributed by atoms with Crippen molar-refractivity contribution >= 4 is 64.9 Å². The molecule has 4 nitrogen and oxygen atoms in total. The van der Waals surface area contributed by atoms with Crippen LogP contribution >= 0.6 is 25.3 Å². The van der Waals surface area contributed by atoms with Crippen LogP contribution in [0.4, 0.5) is 0 Å². The summed E-state index contributed by atoms with van der Waals surface area (Å²) in [6.07, 6.45) is 0. The summed E-state index contributed by atoms with van der Waals surface area (Å²) in [5.74, 6) is 0.190. The van der Waals surface area contributed by atoms with E-state index >= 15 is 0 Å². The summed E-state index contributed by atoms with van der Waals surface area (Å²) in [5.41, 5.74) is 0. The molecule has 0 aromatic rings. The summed E-state index contributed by atoms with van der Waals surface area (Å²) in [6, 6.07) is 0. The third-order valence-electron chi connectivity index (χ3n) is 1.01. The molecule has 0 amide bonds. The molecule has 0 saturated carbocycles. The molecule has 1 N–H and O–H groups in total. The average molecular weight is 255 g/mol. The Balaban J connectivity index is 0. The molecule has 8 heteroatoms. The van der Waals surface area contributed by atoms with Gasteiger partial charge in [-0.05, 0) is 0 Å². The van der Waals surface area contributed by atoms with Gasteiger partial charge in [0.25, 0.3) is 10.1 Å². The van der Waals surface area contributed by atoms with Gasteiger partial charge in [-0.15, -0.1) is 0 Å². The molecule has 1 radical (unpaired) electrons. The van der Waals surface area contributed by atoms with Gasteiger partial charge in [-0.1, -0.05) is 0 Å². The molecule has 0 spiro atoms. The van der Waals surface area contributed by atoms with Crippen molar-refractivity contribution in [3.8, 4) is 0 Å². The van der Waals surface area contributed by atoms with Crippen molar-refractivity contribution in [2.75, 3.05) is 24.7 Å². The summed E-state index contributed by atoms with van der Waals surface area (Å²) in [5, 5.41) is -0.00488. The number of ether oxygens (including phenoxy) is 1. The van der Waals surface area contributed by atoms with E-state index in [1.54, 1.807) is 0 Å². The zero-order chi connectivity index (χ0) is 9.61. The molecule has 0 heterocycles. The Labute approximate surface area is 112 Å². The number of hydrogen-bond acceptors (Lipinski definition) is 5. The Kier molecular flexibility index (Phi) is 11.6. The minimum atomic E-state index is -3.90. The maximum absolute atomic E-state index is 10.2. The molecule has 13 heavy (non-hydrogen) atoms. The zero-order valence-electron chi connectivity index (χ0n) is 7.38. The van der Waals surface area contributed by atoms with Gasteiger partial charge in [0, 0.05) is 40.6 Å². The van der Waals surface area contributed by atoms with Crippen molar-refractivity contribution < 1.29 is 17.7 Å². The van der Waals surface area contributed by atoms with Crippen LogP contribution in [0.1, 0.15) is 0 Å². The fraction of sp³-hybridized carbons (Fsp3) is 1.00. The van der Waals surface area contributed by atoms with Crippen LogP contribution in [0.25, 0.3) is 0 Å². The zero-order valence-corrected chi connectivity index (χ0v) is 12.0. The van der Waals surface area contributed by atoms with Crippen LogP contribution in [0.2, 0.25) is 0 Å². The number of thiol groups is 2. The van der Waals surface area contributed by atoms with Crippen molar-refractivity contribution in [2.45, 2.75) is 5.25 Å². The summed E-state index contributed by atoms with van der Waals surface area (Å²) >= 11 is 8.01. The van der Waals surface area contributed by atoms with Crippen molar-refractivity contribution in [3.63, 3.8) is 0 Å². The van der Waals surface area contributed by atoms with E-state index in [1.165, 1.54) is 0 Å². The molecule has 0 aromatic carbocycles. The molecule has 0 saturated heterocycles. The maximum Gasteiger partial charge on any atom is 0.267 e. The van der Waals surface area contributed by atoms with E-state index in [1.807, 2.05) is 0 Å². The van der Waals surface area contributed by atoms with Gasteiger partial charge in [0.1, 0.15) is 0 Å². The predicted molar refractivity (Wildman–Crippen MR) is 59.6 cm³/mol. The summed E-state index contributed by atoms with van der Waals surface area (Å²) in [4.78, 5) is 0. The first-order valence-corrected chi connectivity index (χ1v) is 6.03. The standard InChI is InChI=1S/C5H12O4S3.Na/c6-12(7,8)2-1-9-3-5(11)4-10;/h5,10-11H,1-4H2,(H,6,7,8);. The molecule has 1 unspecified atom stereocenters. The van der Waals surface area contributed by atoms with Crippen LogP contribution < -0.4 is 0 Å². The first kappa shape index (κ1) is 17.0. The van der Waals surface area contributed by atoms with E-state index < -0.39 is 10.1 Å². The molecule has 0 bridgehead atoms. The summed E-state index contributed by atoms with van der Waals surface area (Å²) < 4.78 is 33.6. The SMILES string of the molecule is O=S(=O)(O)CCOCC(S)CS.[Na]. The molecule has 0 aliphatic rings. The van der Waals surface area contributed by atoms with Crippen molar-refractivity contribution in [1.82, 2.24) is 0 Å². The molecule has 0 aliphatic carbocycles. The van der Waals surface area contributed by atoms with Crippen molar-refractivity contribution in [1.29, 1.82) is 0 Å². The van der Waals surface area contributed by atoms with Crippen LogP contribution in [0.3, 0.4) is 0 Å². The monoisotopic (exact) mass is 255 g/mol. The van der Waals surface area contributed by atoms with E-state index in [0.717, 1.165) is 0 Å². The Morgan fingerprint density at radius 1 is 1.46 bits per heavy atom. The minimum Gasteiger partial charge on any atom is -0.379 e. The van der Waals surface area contributed by atoms with Gasteiger partial charge in [-0.2, -0.15) is 33.7 Å². The van der Waals surface area contributed by atoms with E-state index in [2.05, 4.69) is 25.3 Å². The van der Waals surface area contributed by atoms with E-state index in [9.17, 15) is 8.42 Å². The first-order chi connectivity index (χ1) is 5.45. The third kappa shape index (κ3) is 13.6. The second-order valence-corrected chi connectivity index (χ2v) is 4.86. The van der Waals surface area contributed by atoms with E-state index in [0.29, 0.717) is 12.4 Å². The second-order valence-electron chi connectivity index (χ2n) is 2.20. The quantitative estimate of drug-likeness (QED) is 0.265. The number of hydrogen-bond donors (Lipinski definition) is 3. The van der Waals surface area contributed by atoms with Crippen molar-refractivity contribution in [2.24, 2.45) is 0 Å². The molecule has 75 valence electrons. The average Bonchev–Trinajstić information content (AvgIpc) is 1.96. The van der Waals surface area contributed by atoms with E-state index in [4.69, 9.17) is 9.29 Å². The summed E-state index contributed by atoms with van der Waals surface area (Å²) in [7, 11) is -3.90. The van der Waals surface area contributed by atoms with Gasteiger partial charge in [0.2, 0.25) is 0 Å². The normalized spacial score (nSPS) is 13.5. The van der Waals surface area contributed by atoms with Crippen LogP contribution in [-0.4, -0.2) is 72.5 Å². The minimum absolute atomic E-state index is 0. The molecular formula is C5H12NaO4S3. The Bertz CT molecular complexity index is 206. The van der Waals surface area contributed by atoms with Crippen LogP contribution in [-0.2, 0) is 14.9 Å². The Hall–Kier alpha value is 1.57. The molecule has 0 aromatic heterocycles. The van der Waals surface area contributed by atoms with Gasteiger partial charge in [-0.3, -0.25) is 4.55 Å². The smallest absolute Gasteiger partial charge is 0.267 e. The van der Waals surface area contributed by atoms with Gasteiger partial charge in [-0.25, -0.2) is 0 Å². The van der Waals surface area contributed by atoms with Crippen LogP contribution in [0, 0.1) is 0 Å². The Morgan fingerprint density at radius 3 is 2.38 bits per heavy atom. The summed E-state index contributed by atoms with van der Waals surface area (Å²) in [6.45, 7) is 0.325. The van der Waals surface area contributed by atoms with Crippen LogP contribution in [0.15, 0.2) is 0 Å². The van der Waals surface area contributed by atoms with Gasteiger partial charge >= 0.3 is 0 Å². The third-order valence-corrected chi connectivity index (χ3v) is 2.75. The molecule has 0 fully saturated rings. The second kappa shape index (κ2) is 8.84. The van der Waals surface area contributed by atoms with Crippen molar-refractivity contribution in [3.05, 3.63) is 0 Å². The topological polar surface area (TPSA) is 63.6 Å². The molecule has 0 aliphatic heterocycles. The fourth-order valence-corrected chi connectivity index (χ4v) is 0.976. The fourth-order valence-electron chi connectivity index (χ4n) is 0.436. The predicted octanol–water partition coefficient (Wildman–Crippen LogP) is -0.262. The number of rotatable bonds is 6. The molecular weight excluding hydrogens is 243 g/mol. The van der Waals surface area contributed by atoms with Gasteiger partial charge in [0.15, 0.2) is 0 Å². The van der Waals surface area contributed by atoms with Gasteiger partial charge < -0.3 is 4.74 Å². The van der Waals surface area contributed by atoms with Crippen LogP contribution in [0.5, 0.6) is 0 Å².